The first-order valence-corrected chi connectivity index (χ1v) is 8.98. The van der Waals surface area contributed by atoms with Crippen LogP contribution >= 0.6 is 0 Å². The number of anilines is 1. The average Bonchev–Trinajstić information content (AvgIpc) is 3.19. The predicted octanol–water partition coefficient (Wildman–Crippen LogP) is 3.29. The van der Waals surface area contributed by atoms with Gasteiger partial charge in [0.15, 0.2) is 11.6 Å². The van der Waals surface area contributed by atoms with E-state index in [0.29, 0.717) is 24.6 Å². The van der Waals surface area contributed by atoms with Crippen LogP contribution in [0.4, 0.5) is 27.6 Å². The van der Waals surface area contributed by atoms with Gasteiger partial charge in [-0.25, -0.2) is 13.2 Å². The van der Waals surface area contributed by atoms with Crippen molar-refractivity contribution in [3.63, 3.8) is 0 Å². The molecule has 0 bridgehead atoms. The van der Waals surface area contributed by atoms with Crippen LogP contribution in [-0.2, 0) is 10.7 Å². The molecule has 2 N–H and O–H groups in total. The van der Waals surface area contributed by atoms with Crippen molar-refractivity contribution in [2.24, 2.45) is 5.92 Å². The van der Waals surface area contributed by atoms with Gasteiger partial charge in [0.05, 0.1) is 5.56 Å². The van der Waals surface area contributed by atoms with Crippen LogP contribution < -0.4 is 5.32 Å². The van der Waals surface area contributed by atoms with E-state index in [2.05, 4.69) is 5.32 Å². The molecule has 2 aromatic rings. The predicted molar refractivity (Wildman–Crippen MR) is 96.4 cm³/mol. The first kappa shape index (κ1) is 21.7. The zero-order valence-corrected chi connectivity index (χ0v) is 15.5. The molecule has 0 aliphatic carbocycles. The average molecular weight is 428 g/mol. The van der Waals surface area contributed by atoms with Crippen LogP contribution in [0.5, 0.6) is 0 Å². The maximum absolute atomic E-state index is 14.7. The topological polar surface area (TPSA) is 69.6 Å². The summed E-state index contributed by atoms with van der Waals surface area (Å²) < 4.78 is 69.9. The largest absolute Gasteiger partial charge is 0.396 e. The third kappa shape index (κ3) is 4.28. The van der Waals surface area contributed by atoms with Gasteiger partial charge in [-0.1, -0.05) is 0 Å². The zero-order valence-electron chi connectivity index (χ0n) is 15.5. The van der Waals surface area contributed by atoms with Crippen LogP contribution in [0, 0.1) is 23.4 Å². The molecule has 1 heterocycles. The van der Waals surface area contributed by atoms with E-state index >= 15 is 0 Å². The second kappa shape index (κ2) is 8.39. The van der Waals surface area contributed by atoms with E-state index in [-0.39, 0.29) is 31.3 Å². The molecule has 0 radical (unpaired) electrons. The molecule has 1 saturated heterocycles. The number of nitrogens with one attached hydrogen (secondary N) is 1. The SMILES string of the molecule is O=C(Nc1ccc(F)c(F)c1)c1ccc(F)c(C(F)(F)C(=O)N2CCC(CO)C2)c1. The van der Waals surface area contributed by atoms with Gasteiger partial charge in [0.25, 0.3) is 11.8 Å². The van der Waals surface area contributed by atoms with E-state index in [9.17, 15) is 31.5 Å². The molecule has 1 unspecified atom stereocenters. The fourth-order valence-electron chi connectivity index (χ4n) is 3.16. The smallest absolute Gasteiger partial charge is 0.352 e. The van der Waals surface area contributed by atoms with Gasteiger partial charge in [-0.15, -0.1) is 0 Å². The van der Waals surface area contributed by atoms with Gasteiger partial charge in [0, 0.05) is 42.9 Å². The summed E-state index contributed by atoms with van der Waals surface area (Å²) in [5, 5.41) is 11.3. The van der Waals surface area contributed by atoms with Gasteiger partial charge in [-0.05, 0) is 36.8 Å². The molecule has 160 valence electrons. The van der Waals surface area contributed by atoms with E-state index in [4.69, 9.17) is 5.11 Å². The van der Waals surface area contributed by atoms with Crippen LogP contribution in [0.25, 0.3) is 0 Å². The van der Waals surface area contributed by atoms with Crippen molar-refractivity contribution in [2.75, 3.05) is 25.0 Å². The Balaban J connectivity index is 1.84. The summed E-state index contributed by atoms with van der Waals surface area (Å²) in [6.07, 6.45) is 0.345. The Morgan fingerprint density at radius 2 is 1.77 bits per heavy atom. The van der Waals surface area contributed by atoms with Crippen molar-refractivity contribution < 1.29 is 36.6 Å². The summed E-state index contributed by atoms with van der Waals surface area (Å²) >= 11 is 0. The quantitative estimate of drug-likeness (QED) is 0.719. The fourth-order valence-corrected chi connectivity index (χ4v) is 3.16. The molecule has 0 saturated carbocycles. The molecule has 2 amide bonds. The lowest BCUT2D eigenvalue weighted by Gasteiger charge is -2.24. The van der Waals surface area contributed by atoms with Crippen molar-refractivity contribution in [1.82, 2.24) is 4.90 Å². The van der Waals surface area contributed by atoms with E-state index in [0.717, 1.165) is 23.1 Å². The second-order valence-electron chi connectivity index (χ2n) is 6.94. The number of likely N-dealkylation sites (tertiary alicyclic amines) is 1. The van der Waals surface area contributed by atoms with Crippen molar-refractivity contribution in [3.05, 3.63) is 65.0 Å². The Labute approximate surface area is 168 Å². The third-order valence-electron chi connectivity index (χ3n) is 4.84. The lowest BCUT2D eigenvalue weighted by Crippen LogP contribution is -2.41. The highest BCUT2D eigenvalue weighted by atomic mass is 19.3. The number of aliphatic hydroxyl groups is 1. The molecular weight excluding hydrogens is 411 g/mol. The molecule has 2 aromatic carbocycles. The van der Waals surface area contributed by atoms with E-state index in [1.54, 1.807) is 0 Å². The number of hydrogen-bond donors (Lipinski definition) is 2. The number of hydrogen-bond acceptors (Lipinski definition) is 3. The standard InChI is InChI=1S/C20H17F5N2O3/c21-15-3-1-12(18(29)26-13-2-4-16(22)17(23)8-13)7-14(15)20(24,25)19(30)27-6-5-11(9-27)10-28/h1-4,7-8,11,28H,5-6,9-10H2,(H,26,29). The number of aliphatic hydroxyl groups excluding tert-OH is 1. The molecule has 5 nitrogen and oxygen atoms in total. The lowest BCUT2D eigenvalue weighted by molar-refractivity contribution is -0.158. The first-order valence-electron chi connectivity index (χ1n) is 8.98. The molecule has 1 atom stereocenters. The Bertz CT molecular complexity index is 983. The molecule has 1 aliphatic rings. The number of carbonyl (C=O) groups excluding carboxylic acids is 2. The van der Waals surface area contributed by atoms with Crippen LogP contribution in [-0.4, -0.2) is 41.5 Å². The first-order chi connectivity index (χ1) is 14.1. The summed E-state index contributed by atoms with van der Waals surface area (Å²) in [6, 6.07) is 4.61. The highest BCUT2D eigenvalue weighted by Gasteiger charge is 2.47. The number of benzene rings is 2. The third-order valence-corrected chi connectivity index (χ3v) is 4.84. The van der Waals surface area contributed by atoms with Crippen LogP contribution in [0.1, 0.15) is 22.3 Å². The summed E-state index contributed by atoms with van der Waals surface area (Å²) in [7, 11) is 0. The highest BCUT2D eigenvalue weighted by Crippen LogP contribution is 2.34. The monoisotopic (exact) mass is 428 g/mol. The van der Waals surface area contributed by atoms with Crippen LogP contribution in [0.15, 0.2) is 36.4 Å². The summed E-state index contributed by atoms with van der Waals surface area (Å²) in [4.78, 5) is 25.4. The molecule has 1 fully saturated rings. The van der Waals surface area contributed by atoms with Gasteiger partial charge in [-0.3, -0.25) is 9.59 Å². The number of alkyl halides is 2. The van der Waals surface area contributed by atoms with Crippen molar-refractivity contribution in [1.29, 1.82) is 0 Å². The summed E-state index contributed by atoms with van der Waals surface area (Å²) in [6.45, 7) is -0.343. The van der Waals surface area contributed by atoms with Crippen molar-refractivity contribution in [3.8, 4) is 0 Å². The van der Waals surface area contributed by atoms with Gasteiger partial charge in [-0.2, -0.15) is 8.78 Å². The molecule has 0 spiro atoms. The maximum Gasteiger partial charge on any atom is 0.352 e. The Kier molecular flexibility index (Phi) is 6.06. The number of rotatable bonds is 5. The molecular formula is C20H17F5N2O3. The van der Waals surface area contributed by atoms with E-state index in [1.165, 1.54) is 0 Å². The molecule has 0 aromatic heterocycles. The minimum absolute atomic E-state index is 0.00240. The minimum atomic E-state index is -4.24. The van der Waals surface area contributed by atoms with Gasteiger partial charge in [0.2, 0.25) is 0 Å². The molecule has 3 rings (SSSR count). The Morgan fingerprint density at radius 3 is 2.40 bits per heavy atom. The minimum Gasteiger partial charge on any atom is -0.396 e. The number of carbonyl (C=O) groups is 2. The van der Waals surface area contributed by atoms with Gasteiger partial charge in [0.1, 0.15) is 5.82 Å². The molecule has 1 aliphatic heterocycles. The van der Waals surface area contributed by atoms with Crippen LogP contribution in [0.3, 0.4) is 0 Å². The lowest BCUT2D eigenvalue weighted by atomic mass is 10.0. The fraction of sp³-hybridized carbons (Fsp3) is 0.300. The molecule has 30 heavy (non-hydrogen) atoms. The molecule has 10 heteroatoms. The summed E-state index contributed by atoms with van der Waals surface area (Å²) in [5.41, 5.74) is -1.82. The number of nitrogens with zero attached hydrogens (tertiary/aromatic N) is 1. The Hall–Kier alpha value is -3.01. The van der Waals surface area contributed by atoms with Gasteiger partial charge < -0.3 is 15.3 Å². The van der Waals surface area contributed by atoms with Crippen LogP contribution in [0.2, 0.25) is 0 Å². The highest BCUT2D eigenvalue weighted by molar-refractivity contribution is 6.04. The van der Waals surface area contributed by atoms with Crippen molar-refractivity contribution >= 4 is 17.5 Å². The van der Waals surface area contributed by atoms with Crippen molar-refractivity contribution in [2.45, 2.75) is 12.3 Å². The Morgan fingerprint density at radius 1 is 1.07 bits per heavy atom. The second-order valence-corrected chi connectivity index (χ2v) is 6.94. The van der Waals surface area contributed by atoms with E-state index in [1.807, 2.05) is 0 Å². The van der Waals surface area contributed by atoms with Gasteiger partial charge >= 0.3 is 5.92 Å². The van der Waals surface area contributed by atoms with E-state index < -0.39 is 46.3 Å². The normalized spacial score (nSPS) is 16.6. The zero-order chi connectivity index (χ0) is 22.1. The summed E-state index contributed by atoms with van der Waals surface area (Å²) in [5.74, 6) is -10.9. The maximum atomic E-state index is 14.7. The number of halogens is 5. The number of amides is 2.